The summed E-state index contributed by atoms with van der Waals surface area (Å²) >= 11 is 0. The minimum Gasteiger partial charge on any atom is -0.491 e. The van der Waals surface area contributed by atoms with E-state index in [-0.39, 0.29) is 12.1 Å². The van der Waals surface area contributed by atoms with E-state index in [2.05, 4.69) is 12.1 Å². The van der Waals surface area contributed by atoms with Crippen molar-refractivity contribution in [3.63, 3.8) is 0 Å². The van der Waals surface area contributed by atoms with Crippen LogP contribution in [0.3, 0.4) is 0 Å². The van der Waals surface area contributed by atoms with Gasteiger partial charge in [-0.3, -0.25) is 0 Å². The van der Waals surface area contributed by atoms with Gasteiger partial charge in [0.25, 0.3) is 0 Å². The Morgan fingerprint density at radius 2 is 2.31 bits per heavy atom. The van der Waals surface area contributed by atoms with Crippen molar-refractivity contribution in [2.45, 2.75) is 31.9 Å². The Morgan fingerprint density at radius 3 is 3.06 bits per heavy atom. The molecule has 1 aromatic carbocycles. The number of benzene rings is 1. The van der Waals surface area contributed by atoms with E-state index in [0.29, 0.717) is 6.61 Å². The predicted octanol–water partition coefficient (Wildman–Crippen LogP) is 2.05. The van der Waals surface area contributed by atoms with Gasteiger partial charge in [0.15, 0.2) is 0 Å². The molecular weight excluding hydrogens is 202 g/mol. The standard InChI is InChI=1S/C13H19NO2/c1-9(15-2)8-16-11-4-5-12-10(7-11)3-6-13(12)14/h4-5,7,9,13H,3,6,8,14H2,1-2H3/t9?,13-/m1/s1. The molecule has 2 atom stereocenters. The number of ether oxygens (including phenoxy) is 2. The third-order valence-corrected chi connectivity index (χ3v) is 3.13. The van der Waals surface area contributed by atoms with E-state index in [4.69, 9.17) is 15.2 Å². The number of fused-ring (bicyclic) bond motifs is 1. The van der Waals surface area contributed by atoms with Crippen molar-refractivity contribution in [2.75, 3.05) is 13.7 Å². The normalized spacial score (nSPS) is 20.6. The highest BCUT2D eigenvalue weighted by Gasteiger charge is 2.19. The van der Waals surface area contributed by atoms with Crippen molar-refractivity contribution in [1.82, 2.24) is 0 Å². The smallest absolute Gasteiger partial charge is 0.119 e. The molecule has 3 heteroatoms. The van der Waals surface area contributed by atoms with Crippen LogP contribution in [0, 0.1) is 0 Å². The minimum atomic E-state index is 0.121. The van der Waals surface area contributed by atoms with Crippen LogP contribution in [0.1, 0.15) is 30.5 Å². The summed E-state index contributed by atoms with van der Waals surface area (Å²) in [7, 11) is 1.69. The molecule has 3 nitrogen and oxygen atoms in total. The molecule has 0 aliphatic heterocycles. The lowest BCUT2D eigenvalue weighted by Gasteiger charge is -2.12. The van der Waals surface area contributed by atoms with Crippen LogP contribution >= 0.6 is 0 Å². The zero-order valence-corrected chi connectivity index (χ0v) is 9.90. The number of hydrogen-bond donors (Lipinski definition) is 1. The first-order valence-electron chi connectivity index (χ1n) is 5.74. The van der Waals surface area contributed by atoms with E-state index in [1.807, 2.05) is 13.0 Å². The Bertz CT molecular complexity index is 365. The molecule has 0 amide bonds. The Labute approximate surface area is 96.5 Å². The first-order chi connectivity index (χ1) is 7.70. The van der Waals surface area contributed by atoms with Gasteiger partial charge in [-0.2, -0.15) is 0 Å². The second-order valence-corrected chi connectivity index (χ2v) is 4.36. The van der Waals surface area contributed by atoms with Crippen LogP contribution in [-0.4, -0.2) is 19.8 Å². The van der Waals surface area contributed by atoms with Gasteiger partial charge in [-0.15, -0.1) is 0 Å². The summed E-state index contributed by atoms with van der Waals surface area (Å²) in [5.74, 6) is 0.914. The third-order valence-electron chi connectivity index (χ3n) is 3.13. The summed E-state index contributed by atoms with van der Waals surface area (Å²) < 4.78 is 10.8. The topological polar surface area (TPSA) is 44.5 Å². The molecule has 0 saturated heterocycles. The number of methoxy groups -OCH3 is 1. The molecule has 0 bridgehead atoms. The molecule has 1 aromatic rings. The maximum Gasteiger partial charge on any atom is 0.119 e. The highest BCUT2D eigenvalue weighted by molar-refractivity contribution is 5.40. The van der Waals surface area contributed by atoms with Gasteiger partial charge >= 0.3 is 0 Å². The van der Waals surface area contributed by atoms with E-state index < -0.39 is 0 Å². The maximum atomic E-state index is 5.98. The van der Waals surface area contributed by atoms with Crippen molar-refractivity contribution < 1.29 is 9.47 Å². The summed E-state index contributed by atoms with van der Waals surface area (Å²) in [5.41, 5.74) is 8.58. The third kappa shape index (κ3) is 2.36. The van der Waals surface area contributed by atoms with E-state index in [9.17, 15) is 0 Å². The number of nitrogens with two attached hydrogens (primary N) is 1. The van der Waals surface area contributed by atoms with Crippen LogP contribution in [0.4, 0.5) is 0 Å². The van der Waals surface area contributed by atoms with Crippen molar-refractivity contribution in [2.24, 2.45) is 5.73 Å². The van der Waals surface area contributed by atoms with Crippen LogP contribution in [0.15, 0.2) is 18.2 Å². The monoisotopic (exact) mass is 221 g/mol. The molecular formula is C13H19NO2. The second kappa shape index (κ2) is 4.85. The van der Waals surface area contributed by atoms with Crippen molar-refractivity contribution in [1.29, 1.82) is 0 Å². The fourth-order valence-corrected chi connectivity index (χ4v) is 2.00. The zero-order valence-electron chi connectivity index (χ0n) is 9.90. The summed E-state index contributed by atoms with van der Waals surface area (Å²) in [6.45, 7) is 2.57. The van der Waals surface area contributed by atoms with Gasteiger partial charge in [0.2, 0.25) is 0 Å². The average Bonchev–Trinajstić information content (AvgIpc) is 2.67. The average molecular weight is 221 g/mol. The molecule has 88 valence electrons. The molecule has 0 spiro atoms. The molecule has 1 unspecified atom stereocenters. The van der Waals surface area contributed by atoms with Gasteiger partial charge in [0.05, 0.1) is 6.10 Å². The lowest BCUT2D eigenvalue weighted by atomic mass is 10.1. The van der Waals surface area contributed by atoms with Crippen LogP contribution in [0.25, 0.3) is 0 Å². The number of rotatable bonds is 4. The lowest BCUT2D eigenvalue weighted by Crippen LogP contribution is -2.16. The highest BCUT2D eigenvalue weighted by Crippen LogP contribution is 2.31. The lowest BCUT2D eigenvalue weighted by molar-refractivity contribution is 0.0716. The summed E-state index contributed by atoms with van der Waals surface area (Å²) in [6.07, 6.45) is 2.23. The Hall–Kier alpha value is -1.06. The maximum absolute atomic E-state index is 5.98. The Balaban J connectivity index is 2.02. The van der Waals surface area contributed by atoms with E-state index >= 15 is 0 Å². The van der Waals surface area contributed by atoms with Gasteiger partial charge in [0.1, 0.15) is 12.4 Å². The van der Waals surface area contributed by atoms with Gasteiger partial charge in [-0.05, 0) is 43.0 Å². The first-order valence-corrected chi connectivity index (χ1v) is 5.74. The summed E-state index contributed by atoms with van der Waals surface area (Å²) in [4.78, 5) is 0. The molecule has 2 N–H and O–H groups in total. The highest BCUT2D eigenvalue weighted by atomic mass is 16.5. The van der Waals surface area contributed by atoms with Crippen LogP contribution in [-0.2, 0) is 11.2 Å². The molecule has 0 heterocycles. The fraction of sp³-hybridized carbons (Fsp3) is 0.538. The zero-order chi connectivity index (χ0) is 11.5. The van der Waals surface area contributed by atoms with Gasteiger partial charge in [-0.25, -0.2) is 0 Å². The summed E-state index contributed by atoms with van der Waals surface area (Å²) in [6, 6.07) is 6.39. The van der Waals surface area contributed by atoms with Crippen LogP contribution < -0.4 is 10.5 Å². The number of hydrogen-bond acceptors (Lipinski definition) is 3. The van der Waals surface area contributed by atoms with Crippen LogP contribution in [0.5, 0.6) is 5.75 Å². The first kappa shape index (κ1) is 11.4. The Morgan fingerprint density at radius 1 is 1.50 bits per heavy atom. The van der Waals surface area contributed by atoms with E-state index in [0.717, 1.165) is 18.6 Å². The molecule has 16 heavy (non-hydrogen) atoms. The molecule has 2 rings (SSSR count). The van der Waals surface area contributed by atoms with Crippen molar-refractivity contribution in [3.8, 4) is 5.75 Å². The quantitative estimate of drug-likeness (QED) is 0.846. The SMILES string of the molecule is COC(C)COc1ccc2c(c1)CC[C@H]2N. The predicted molar refractivity (Wildman–Crippen MR) is 63.7 cm³/mol. The molecule has 1 aliphatic carbocycles. The van der Waals surface area contributed by atoms with Crippen LogP contribution in [0.2, 0.25) is 0 Å². The molecule has 0 aromatic heterocycles. The van der Waals surface area contributed by atoms with E-state index in [1.54, 1.807) is 7.11 Å². The molecule has 0 radical (unpaired) electrons. The summed E-state index contributed by atoms with van der Waals surface area (Å²) in [5, 5.41) is 0. The van der Waals surface area contributed by atoms with Gasteiger partial charge in [-0.1, -0.05) is 6.07 Å². The van der Waals surface area contributed by atoms with E-state index in [1.165, 1.54) is 11.1 Å². The van der Waals surface area contributed by atoms with Gasteiger partial charge < -0.3 is 15.2 Å². The molecule has 1 aliphatic rings. The largest absolute Gasteiger partial charge is 0.491 e. The molecule has 0 fully saturated rings. The van der Waals surface area contributed by atoms with Crippen molar-refractivity contribution in [3.05, 3.63) is 29.3 Å². The minimum absolute atomic E-state index is 0.121. The number of aryl methyl sites for hydroxylation is 1. The van der Waals surface area contributed by atoms with Gasteiger partial charge in [0, 0.05) is 13.2 Å². The second-order valence-electron chi connectivity index (χ2n) is 4.36. The molecule has 0 saturated carbocycles. The Kier molecular flexibility index (Phi) is 3.46. The van der Waals surface area contributed by atoms with Crippen molar-refractivity contribution >= 4 is 0 Å². The fourth-order valence-electron chi connectivity index (χ4n) is 2.00.